The molecular formula is C28H44N4O6. The molecule has 0 aromatic carbocycles. The molecular weight excluding hydrogens is 488 g/mol. The first kappa shape index (κ1) is 33.0. The van der Waals surface area contributed by atoms with Crippen molar-refractivity contribution in [1.29, 1.82) is 0 Å². The molecule has 1 rings (SSSR count). The number of carbonyl (C=O) groups excluding carboxylic acids is 6. The molecule has 2 N–H and O–H groups in total. The highest BCUT2D eigenvalue weighted by molar-refractivity contribution is 6.38. The van der Waals surface area contributed by atoms with Gasteiger partial charge in [-0.3, -0.25) is 28.8 Å². The van der Waals surface area contributed by atoms with E-state index in [-0.39, 0.29) is 56.8 Å². The first-order chi connectivity index (χ1) is 18.2. The summed E-state index contributed by atoms with van der Waals surface area (Å²) in [7, 11) is 0. The summed E-state index contributed by atoms with van der Waals surface area (Å²) in [6.45, 7) is 3.66. The van der Waals surface area contributed by atoms with Crippen LogP contribution in [-0.2, 0) is 28.8 Å². The van der Waals surface area contributed by atoms with E-state index >= 15 is 0 Å². The second kappa shape index (κ2) is 20.0. The first-order valence-corrected chi connectivity index (χ1v) is 13.9. The molecule has 0 aromatic heterocycles. The van der Waals surface area contributed by atoms with Gasteiger partial charge >= 0.3 is 0 Å². The minimum absolute atomic E-state index is 0.000586. The van der Waals surface area contributed by atoms with Gasteiger partial charge < -0.3 is 0 Å². The van der Waals surface area contributed by atoms with Crippen LogP contribution < -0.4 is 10.9 Å². The zero-order valence-corrected chi connectivity index (χ0v) is 23.1. The van der Waals surface area contributed by atoms with E-state index < -0.39 is 23.1 Å². The monoisotopic (exact) mass is 532 g/mol. The molecule has 0 aromatic rings. The fourth-order valence-corrected chi connectivity index (χ4v) is 3.96. The molecule has 10 heteroatoms. The fraction of sp³-hybridized carbons (Fsp3) is 0.714. The van der Waals surface area contributed by atoms with Gasteiger partial charge in [-0.1, -0.05) is 25.7 Å². The van der Waals surface area contributed by atoms with E-state index in [0.29, 0.717) is 32.1 Å². The van der Waals surface area contributed by atoms with Crippen molar-refractivity contribution in [3.63, 3.8) is 0 Å². The Balaban J connectivity index is 2.56. The zero-order chi connectivity index (χ0) is 28.2. The predicted octanol–water partition coefficient (Wildman–Crippen LogP) is 4.28. The van der Waals surface area contributed by atoms with Gasteiger partial charge in [0.05, 0.1) is 0 Å². The lowest BCUT2D eigenvalue weighted by Gasteiger charge is -2.05. The van der Waals surface area contributed by atoms with E-state index in [4.69, 9.17) is 0 Å². The van der Waals surface area contributed by atoms with Gasteiger partial charge in [-0.25, -0.2) is 10.9 Å². The second-order valence-electron chi connectivity index (χ2n) is 9.99. The Kier molecular flexibility index (Phi) is 17.4. The van der Waals surface area contributed by atoms with Crippen LogP contribution in [0, 0.1) is 0 Å². The summed E-state index contributed by atoms with van der Waals surface area (Å²) in [5, 5.41) is 8.19. The molecule has 0 aliphatic carbocycles. The maximum Gasteiger partial charge on any atom is 0.240 e. The molecule has 2 amide bonds. The van der Waals surface area contributed by atoms with Gasteiger partial charge in [0, 0.05) is 49.9 Å². The molecule has 0 radical (unpaired) electrons. The Bertz CT molecular complexity index is 824. The number of Topliss-reactive ketones (excluding diaryl/α,β-unsaturated/α-hetero) is 4. The second-order valence-corrected chi connectivity index (χ2v) is 9.99. The van der Waals surface area contributed by atoms with Gasteiger partial charge in [0.15, 0.2) is 23.1 Å². The summed E-state index contributed by atoms with van der Waals surface area (Å²) in [6, 6.07) is 0. The van der Waals surface area contributed by atoms with Gasteiger partial charge in [0.2, 0.25) is 11.8 Å². The zero-order valence-electron chi connectivity index (χ0n) is 23.1. The number of nitrogens with one attached hydrogen (secondary N) is 2. The van der Waals surface area contributed by atoms with E-state index in [1.165, 1.54) is 0 Å². The number of amides is 2. The average molecular weight is 533 g/mol. The fourth-order valence-electron chi connectivity index (χ4n) is 3.96. The lowest BCUT2D eigenvalue weighted by molar-refractivity contribution is -0.138. The number of hydrazone groups is 2. The molecule has 0 fully saturated rings. The predicted molar refractivity (Wildman–Crippen MR) is 146 cm³/mol. The van der Waals surface area contributed by atoms with Crippen molar-refractivity contribution in [1.82, 2.24) is 10.9 Å². The molecule has 0 saturated heterocycles. The normalized spacial score (nSPS) is 21.1. The minimum atomic E-state index is -0.470. The van der Waals surface area contributed by atoms with Crippen molar-refractivity contribution in [2.75, 3.05) is 0 Å². The van der Waals surface area contributed by atoms with Gasteiger partial charge in [-0.15, -0.1) is 0 Å². The number of ketones is 4. The summed E-state index contributed by atoms with van der Waals surface area (Å²) in [5.41, 5.74) is 6.62. The van der Waals surface area contributed by atoms with Gasteiger partial charge in [0.25, 0.3) is 0 Å². The van der Waals surface area contributed by atoms with E-state index in [2.05, 4.69) is 21.1 Å². The molecule has 10 nitrogen and oxygen atoms in total. The Morgan fingerprint density at radius 1 is 0.395 bits per heavy atom. The largest absolute Gasteiger partial charge is 0.291 e. The summed E-state index contributed by atoms with van der Waals surface area (Å²) in [5.74, 6) is -2.26. The van der Waals surface area contributed by atoms with Crippen molar-refractivity contribution < 1.29 is 28.8 Å². The van der Waals surface area contributed by atoms with E-state index in [1.54, 1.807) is 0 Å². The SMILES string of the molecule is CC1=NNC(=O)CCCC(=O)NN=C(C)CCCCCCC(=O)C(=O)CCCC(=O)C(=O)CCCCCC1. The van der Waals surface area contributed by atoms with Crippen LogP contribution in [0.2, 0.25) is 0 Å². The van der Waals surface area contributed by atoms with Crippen LogP contribution in [0.15, 0.2) is 10.2 Å². The number of nitrogens with zero attached hydrogens (tertiary/aromatic N) is 2. The Labute approximate surface area is 225 Å². The maximum atomic E-state index is 12.0. The van der Waals surface area contributed by atoms with E-state index in [9.17, 15) is 28.8 Å². The number of carbonyl (C=O) groups is 6. The van der Waals surface area contributed by atoms with Crippen molar-refractivity contribution >= 4 is 46.4 Å². The van der Waals surface area contributed by atoms with Crippen molar-refractivity contribution in [3.05, 3.63) is 0 Å². The average Bonchev–Trinajstić information content (AvgIpc) is 2.89. The Morgan fingerprint density at radius 2 is 0.684 bits per heavy atom. The van der Waals surface area contributed by atoms with Crippen LogP contribution in [0.5, 0.6) is 0 Å². The van der Waals surface area contributed by atoms with Crippen LogP contribution in [-0.4, -0.2) is 46.4 Å². The topological polar surface area (TPSA) is 151 Å². The highest BCUT2D eigenvalue weighted by Crippen LogP contribution is 2.11. The van der Waals surface area contributed by atoms with Crippen LogP contribution in [0.3, 0.4) is 0 Å². The lowest BCUT2D eigenvalue weighted by Crippen LogP contribution is -2.21. The Morgan fingerprint density at radius 3 is 1.05 bits per heavy atom. The third kappa shape index (κ3) is 16.7. The number of hydrogen-bond acceptors (Lipinski definition) is 8. The van der Waals surface area contributed by atoms with Crippen LogP contribution in [0.4, 0.5) is 0 Å². The summed E-state index contributed by atoms with van der Waals surface area (Å²) in [4.78, 5) is 72.0. The van der Waals surface area contributed by atoms with E-state index in [1.807, 2.05) is 13.8 Å². The van der Waals surface area contributed by atoms with Crippen LogP contribution in [0.1, 0.15) is 129 Å². The third-order valence-corrected chi connectivity index (χ3v) is 6.37. The molecule has 0 saturated carbocycles. The highest BCUT2D eigenvalue weighted by Gasteiger charge is 2.17. The molecule has 212 valence electrons. The lowest BCUT2D eigenvalue weighted by atomic mass is 10.0. The molecule has 0 bridgehead atoms. The third-order valence-electron chi connectivity index (χ3n) is 6.37. The number of hydrogen-bond donors (Lipinski definition) is 2. The van der Waals surface area contributed by atoms with Gasteiger partial charge in [0.1, 0.15) is 0 Å². The Hall–Kier alpha value is -3.04. The molecule has 0 spiro atoms. The minimum Gasteiger partial charge on any atom is -0.291 e. The molecule has 38 heavy (non-hydrogen) atoms. The van der Waals surface area contributed by atoms with Crippen LogP contribution in [0.25, 0.3) is 0 Å². The molecule has 1 aliphatic rings. The first-order valence-electron chi connectivity index (χ1n) is 13.9. The van der Waals surface area contributed by atoms with Gasteiger partial charge in [-0.2, -0.15) is 10.2 Å². The van der Waals surface area contributed by atoms with Crippen molar-refractivity contribution in [2.24, 2.45) is 10.2 Å². The molecule has 0 atom stereocenters. The van der Waals surface area contributed by atoms with Gasteiger partial charge in [-0.05, 0) is 65.2 Å². The van der Waals surface area contributed by atoms with Crippen LogP contribution >= 0.6 is 0 Å². The highest BCUT2D eigenvalue weighted by atomic mass is 16.2. The summed E-state index contributed by atoms with van der Waals surface area (Å²) >= 11 is 0. The maximum absolute atomic E-state index is 12.0. The molecule has 1 aliphatic heterocycles. The summed E-state index contributed by atoms with van der Waals surface area (Å²) in [6.07, 6.45) is 9.08. The van der Waals surface area contributed by atoms with Crippen molar-refractivity contribution in [2.45, 2.75) is 129 Å². The molecule has 1 heterocycles. The molecule has 0 unspecified atom stereocenters. The quantitative estimate of drug-likeness (QED) is 0.444. The smallest absolute Gasteiger partial charge is 0.240 e. The van der Waals surface area contributed by atoms with Crippen molar-refractivity contribution in [3.8, 4) is 0 Å². The van der Waals surface area contributed by atoms with E-state index in [0.717, 1.165) is 49.9 Å². The number of rotatable bonds is 0. The standard InChI is InChI=1S/C28H44N4O6/c1-21-13-7-3-5-9-15-23(33)25(35)17-11-18-26(36)24(34)16-10-6-4-8-14-22(2)30-32-28(38)20-12-19-27(37)31-29-21/h3-20H2,1-2H3,(H,31,37)(H,32,38). The summed E-state index contributed by atoms with van der Waals surface area (Å²) < 4.78 is 0.